The fraction of sp³-hybridized carbons (Fsp3) is 0.500. The van der Waals surface area contributed by atoms with Crippen LogP contribution in [-0.2, 0) is 4.79 Å². The Balaban J connectivity index is 1.83. The second-order valence-corrected chi connectivity index (χ2v) is 6.97. The van der Waals surface area contributed by atoms with E-state index in [1.165, 1.54) is 23.9 Å². The normalized spacial score (nSPS) is 18.4. The number of thioether (sulfide) groups is 1. The van der Waals surface area contributed by atoms with E-state index >= 15 is 0 Å². The first-order chi connectivity index (χ1) is 9.94. The summed E-state index contributed by atoms with van der Waals surface area (Å²) in [6.07, 6.45) is 2.01. The SMILES string of the molecule is C[C@H](SCC(=O)N[C@@](C)(C#N)C1CC1)c1ccc(F)cc1. The van der Waals surface area contributed by atoms with E-state index in [9.17, 15) is 14.4 Å². The number of carbonyl (C=O) groups is 1. The molecular weight excluding hydrogens is 287 g/mol. The summed E-state index contributed by atoms with van der Waals surface area (Å²) >= 11 is 1.48. The van der Waals surface area contributed by atoms with Crippen LogP contribution in [0.2, 0.25) is 0 Å². The van der Waals surface area contributed by atoms with Crippen LogP contribution in [0.25, 0.3) is 0 Å². The Labute approximate surface area is 128 Å². The van der Waals surface area contributed by atoms with E-state index in [0.717, 1.165) is 18.4 Å². The van der Waals surface area contributed by atoms with Gasteiger partial charge in [0.15, 0.2) is 0 Å². The summed E-state index contributed by atoms with van der Waals surface area (Å²) in [7, 11) is 0. The Kier molecular flexibility index (Phi) is 4.89. The van der Waals surface area contributed by atoms with Crippen molar-refractivity contribution in [1.82, 2.24) is 5.32 Å². The number of nitrogens with one attached hydrogen (secondary N) is 1. The number of benzene rings is 1. The number of nitrogens with zero attached hydrogens (tertiary/aromatic N) is 1. The number of hydrogen-bond donors (Lipinski definition) is 1. The average Bonchev–Trinajstić information content (AvgIpc) is 3.30. The molecule has 112 valence electrons. The topological polar surface area (TPSA) is 52.9 Å². The van der Waals surface area contributed by atoms with E-state index in [-0.39, 0.29) is 22.9 Å². The molecule has 1 N–H and O–H groups in total. The molecule has 3 nitrogen and oxygen atoms in total. The molecule has 0 bridgehead atoms. The van der Waals surface area contributed by atoms with E-state index in [0.29, 0.717) is 5.75 Å². The minimum Gasteiger partial charge on any atom is -0.337 e. The van der Waals surface area contributed by atoms with Crippen LogP contribution in [0.3, 0.4) is 0 Å². The third kappa shape index (κ3) is 4.21. The zero-order valence-electron chi connectivity index (χ0n) is 12.2. The summed E-state index contributed by atoms with van der Waals surface area (Å²) in [6, 6.07) is 8.52. The molecule has 2 rings (SSSR count). The van der Waals surface area contributed by atoms with Crippen molar-refractivity contribution in [1.29, 1.82) is 5.26 Å². The van der Waals surface area contributed by atoms with Gasteiger partial charge >= 0.3 is 0 Å². The molecule has 1 aromatic carbocycles. The minimum absolute atomic E-state index is 0.102. The van der Waals surface area contributed by atoms with Crippen LogP contribution < -0.4 is 5.32 Å². The molecule has 1 aliphatic carbocycles. The second kappa shape index (κ2) is 6.48. The highest BCUT2D eigenvalue weighted by atomic mass is 32.2. The van der Waals surface area contributed by atoms with Crippen molar-refractivity contribution in [3.05, 3.63) is 35.6 Å². The second-order valence-electron chi connectivity index (χ2n) is 5.64. The molecule has 0 spiro atoms. The summed E-state index contributed by atoms with van der Waals surface area (Å²) in [5.41, 5.74) is 0.246. The molecule has 0 heterocycles. The highest BCUT2D eigenvalue weighted by molar-refractivity contribution is 8.00. The molecular formula is C16H19FN2OS. The van der Waals surface area contributed by atoms with Crippen molar-refractivity contribution < 1.29 is 9.18 Å². The highest BCUT2D eigenvalue weighted by Crippen LogP contribution is 2.39. The average molecular weight is 306 g/mol. The van der Waals surface area contributed by atoms with E-state index in [2.05, 4.69) is 11.4 Å². The molecule has 0 aliphatic heterocycles. The predicted molar refractivity (Wildman–Crippen MR) is 82.2 cm³/mol. The third-order valence-corrected chi connectivity index (χ3v) is 5.03. The Morgan fingerprint density at radius 3 is 2.67 bits per heavy atom. The largest absolute Gasteiger partial charge is 0.337 e. The Morgan fingerprint density at radius 1 is 1.52 bits per heavy atom. The van der Waals surface area contributed by atoms with Crippen LogP contribution >= 0.6 is 11.8 Å². The number of hydrogen-bond acceptors (Lipinski definition) is 3. The number of halogens is 1. The summed E-state index contributed by atoms with van der Waals surface area (Å²) in [6.45, 7) is 3.77. The van der Waals surface area contributed by atoms with Gasteiger partial charge in [0, 0.05) is 5.25 Å². The van der Waals surface area contributed by atoms with Gasteiger partial charge < -0.3 is 5.32 Å². The lowest BCUT2D eigenvalue weighted by atomic mass is 9.98. The monoisotopic (exact) mass is 306 g/mol. The first-order valence-electron chi connectivity index (χ1n) is 7.04. The smallest absolute Gasteiger partial charge is 0.231 e. The van der Waals surface area contributed by atoms with Crippen LogP contribution in [0.5, 0.6) is 0 Å². The zero-order valence-corrected chi connectivity index (χ0v) is 13.0. The molecule has 0 unspecified atom stereocenters. The molecule has 1 aromatic rings. The molecule has 5 heteroatoms. The third-order valence-electron chi connectivity index (χ3n) is 3.83. The van der Waals surface area contributed by atoms with E-state index in [1.807, 2.05) is 6.92 Å². The van der Waals surface area contributed by atoms with Crippen molar-refractivity contribution in [2.24, 2.45) is 5.92 Å². The molecule has 1 aliphatic rings. The lowest BCUT2D eigenvalue weighted by Gasteiger charge is -2.23. The first kappa shape index (κ1) is 15.8. The van der Waals surface area contributed by atoms with Gasteiger partial charge in [-0.2, -0.15) is 5.26 Å². The first-order valence-corrected chi connectivity index (χ1v) is 8.09. The van der Waals surface area contributed by atoms with Crippen LogP contribution in [0.1, 0.15) is 37.5 Å². The van der Waals surface area contributed by atoms with Gasteiger partial charge in [-0.25, -0.2) is 4.39 Å². The van der Waals surface area contributed by atoms with Crippen LogP contribution in [-0.4, -0.2) is 17.2 Å². The maximum atomic E-state index is 12.9. The lowest BCUT2D eigenvalue weighted by Crippen LogP contribution is -2.47. The fourth-order valence-electron chi connectivity index (χ4n) is 2.24. The van der Waals surface area contributed by atoms with E-state index < -0.39 is 5.54 Å². The molecule has 1 fully saturated rings. The standard InChI is InChI=1S/C16H19FN2OS/c1-11(12-3-7-14(17)8-4-12)21-9-15(20)19-16(2,10-18)13-5-6-13/h3-4,7-8,11,13H,5-6,9H2,1-2H3,(H,19,20)/t11-,16-/m0/s1. The van der Waals surface area contributed by atoms with Gasteiger partial charge in [-0.1, -0.05) is 12.1 Å². The molecule has 21 heavy (non-hydrogen) atoms. The Hall–Kier alpha value is -1.54. The van der Waals surface area contributed by atoms with Crippen molar-refractivity contribution in [3.63, 3.8) is 0 Å². The fourth-order valence-corrected chi connectivity index (χ4v) is 3.06. The minimum atomic E-state index is -0.739. The van der Waals surface area contributed by atoms with Crippen molar-refractivity contribution in [2.45, 2.75) is 37.5 Å². The quantitative estimate of drug-likeness (QED) is 0.876. The highest BCUT2D eigenvalue weighted by Gasteiger charge is 2.42. The maximum Gasteiger partial charge on any atom is 0.231 e. The number of nitriles is 1. The molecule has 0 aromatic heterocycles. The molecule has 0 saturated heterocycles. The van der Waals surface area contributed by atoms with Crippen LogP contribution in [0, 0.1) is 23.1 Å². The molecule has 1 amide bonds. The summed E-state index contributed by atoms with van der Waals surface area (Å²) in [5, 5.41) is 12.2. The van der Waals surface area contributed by atoms with Gasteiger partial charge in [0.2, 0.25) is 5.91 Å². The van der Waals surface area contributed by atoms with Crippen LogP contribution in [0.15, 0.2) is 24.3 Å². The van der Waals surface area contributed by atoms with Crippen molar-refractivity contribution >= 4 is 17.7 Å². The number of amides is 1. The van der Waals surface area contributed by atoms with Gasteiger partial charge in [-0.15, -0.1) is 11.8 Å². The number of rotatable bonds is 6. The number of carbonyl (C=O) groups excluding carboxylic acids is 1. The molecule has 1 saturated carbocycles. The van der Waals surface area contributed by atoms with Gasteiger partial charge in [0.1, 0.15) is 11.4 Å². The summed E-state index contributed by atoms with van der Waals surface area (Å²) < 4.78 is 12.9. The summed E-state index contributed by atoms with van der Waals surface area (Å²) in [5.74, 6) is 0.196. The Bertz CT molecular complexity index is 550. The van der Waals surface area contributed by atoms with Gasteiger partial charge in [0.05, 0.1) is 11.8 Å². The van der Waals surface area contributed by atoms with E-state index in [4.69, 9.17) is 0 Å². The van der Waals surface area contributed by atoms with Crippen LogP contribution in [0.4, 0.5) is 4.39 Å². The Morgan fingerprint density at radius 2 is 2.14 bits per heavy atom. The van der Waals surface area contributed by atoms with E-state index in [1.54, 1.807) is 19.1 Å². The molecule has 0 radical (unpaired) electrons. The lowest BCUT2D eigenvalue weighted by molar-refractivity contribution is -0.119. The zero-order chi connectivity index (χ0) is 15.5. The predicted octanol–water partition coefficient (Wildman–Crippen LogP) is 3.43. The maximum absolute atomic E-state index is 12.9. The summed E-state index contributed by atoms with van der Waals surface area (Å²) in [4.78, 5) is 12.0. The van der Waals surface area contributed by atoms with Gasteiger partial charge in [0.25, 0.3) is 0 Å². The van der Waals surface area contributed by atoms with Crippen molar-refractivity contribution in [3.8, 4) is 6.07 Å². The molecule has 2 atom stereocenters. The van der Waals surface area contributed by atoms with Gasteiger partial charge in [-0.3, -0.25) is 4.79 Å². The van der Waals surface area contributed by atoms with Gasteiger partial charge in [-0.05, 0) is 50.3 Å². The van der Waals surface area contributed by atoms with Crippen molar-refractivity contribution in [2.75, 3.05) is 5.75 Å².